The third-order valence-corrected chi connectivity index (χ3v) is 3.43. The summed E-state index contributed by atoms with van der Waals surface area (Å²) in [5.41, 5.74) is -0.855. The first-order valence-corrected chi connectivity index (χ1v) is 6.84. The first kappa shape index (κ1) is 13.6. The Balaban J connectivity index is 3.65. The molecular weight excluding hydrogens is 332 g/mol. The molecule has 0 amide bonds. The van der Waals surface area contributed by atoms with Crippen molar-refractivity contribution in [2.45, 2.75) is 11.5 Å². The maximum atomic E-state index is 12.7. The fourth-order valence-electron chi connectivity index (χ4n) is 1.06. The highest BCUT2D eigenvalue weighted by atomic mass is 79.9. The summed E-state index contributed by atoms with van der Waals surface area (Å²) in [6.45, 7) is 0. The van der Waals surface area contributed by atoms with Crippen LogP contribution in [0, 0.1) is 0 Å². The lowest BCUT2D eigenvalue weighted by Crippen LogP contribution is -2.05. The van der Waals surface area contributed by atoms with Crippen LogP contribution in [-0.2, 0) is 9.05 Å². The summed E-state index contributed by atoms with van der Waals surface area (Å²) in [5, 5.41) is -0.899. The van der Waals surface area contributed by atoms with Gasteiger partial charge in [-0.25, -0.2) is 22.2 Å². The second-order valence-corrected chi connectivity index (χ2v) is 5.93. The van der Waals surface area contributed by atoms with Gasteiger partial charge in [-0.2, -0.15) is 0 Å². The summed E-state index contributed by atoms with van der Waals surface area (Å²) in [7, 11) is 1.78. The third kappa shape index (κ3) is 2.61. The quantitative estimate of drug-likeness (QED) is 0.796. The maximum Gasteiger partial charge on any atom is 0.279 e. The summed E-state index contributed by atoms with van der Waals surface area (Å²) < 4.78 is 52.3. The van der Waals surface area contributed by atoms with Crippen LogP contribution in [0.1, 0.15) is 12.0 Å². The molecule has 0 saturated carbocycles. The molecule has 1 aromatic heterocycles. The predicted octanol–water partition coefficient (Wildman–Crippen LogP) is 2.72. The summed E-state index contributed by atoms with van der Waals surface area (Å²) in [6.07, 6.45) is -2.04. The van der Waals surface area contributed by atoms with E-state index in [4.69, 9.17) is 10.7 Å². The highest BCUT2D eigenvalue weighted by Crippen LogP contribution is 2.39. The standard InChI is InChI=1S/C7H5BrClF2NO3S/c1-15-5-3(8)2-12-7(16(9,13)14)4(5)6(10)11/h2,6H,1H3. The van der Waals surface area contributed by atoms with Crippen molar-refractivity contribution in [2.24, 2.45) is 0 Å². The number of aromatic nitrogens is 1. The largest absolute Gasteiger partial charge is 0.495 e. The van der Waals surface area contributed by atoms with Gasteiger partial charge in [0.25, 0.3) is 15.5 Å². The van der Waals surface area contributed by atoms with Crippen LogP contribution < -0.4 is 4.74 Å². The van der Waals surface area contributed by atoms with E-state index in [9.17, 15) is 17.2 Å². The Kier molecular flexibility index (Phi) is 4.08. The Morgan fingerprint density at radius 1 is 1.56 bits per heavy atom. The van der Waals surface area contributed by atoms with E-state index >= 15 is 0 Å². The molecule has 9 heteroatoms. The molecule has 0 radical (unpaired) electrons. The van der Waals surface area contributed by atoms with Gasteiger partial charge in [0.1, 0.15) is 5.75 Å². The lowest BCUT2D eigenvalue weighted by atomic mass is 10.2. The molecule has 0 aliphatic carbocycles. The van der Waals surface area contributed by atoms with Crippen molar-refractivity contribution < 1.29 is 21.9 Å². The Labute approximate surface area is 103 Å². The van der Waals surface area contributed by atoms with Gasteiger partial charge in [-0.05, 0) is 15.9 Å². The van der Waals surface area contributed by atoms with E-state index in [-0.39, 0.29) is 10.2 Å². The van der Waals surface area contributed by atoms with Gasteiger partial charge in [0.05, 0.1) is 17.1 Å². The zero-order valence-electron chi connectivity index (χ0n) is 7.75. The Morgan fingerprint density at radius 3 is 2.50 bits per heavy atom. The number of alkyl halides is 2. The Hall–Kier alpha value is -0.470. The molecule has 0 aliphatic rings. The summed E-state index contributed by atoms with van der Waals surface area (Å²) >= 11 is 2.92. The van der Waals surface area contributed by atoms with E-state index < -0.39 is 26.1 Å². The minimum Gasteiger partial charge on any atom is -0.495 e. The lowest BCUT2D eigenvalue weighted by Gasteiger charge is -2.11. The van der Waals surface area contributed by atoms with Gasteiger partial charge in [0.15, 0.2) is 5.03 Å². The van der Waals surface area contributed by atoms with E-state index in [0.29, 0.717) is 0 Å². The number of nitrogens with zero attached hydrogens (tertiary/aromatic N) is 1. The molecule has 0 saturated heterocycles. The van der Waals surface area contributed by atoms with E-state index in [2.05, 4.69) is 25.7 Å². The third-order valence-electron chi connectivity index (χ3n) is 1.64. The van der Waals surface area contributed by atoms with Crippen molar-refractivity contribution in [1.29, 1.82) is 0 Å². The smallest absolute Gasteiger partial charge is 0.279 e. The normalized spacial score (nSPS) is 11.9. The fraction of sp³-hybridized carbons (Fsp3) is 0.286. The lowest BCUT2D eigenvalue weighted by molar-refractivity contribution is 0.142. The molecule has 4 nitrogen and oxygen atoms in total. The van der Waals surface area contributed by atoms with Crippen molar-refractivity contribution in [3.63, 3.8) is 0 Å². The maximum absolute atomic E-state index is 12.7. The van der Waals surface area contributed by atoms with Gasteiger partial charge in [-0.1, -0.05) is 0 Å². The Bertz CT molecular complexity index is 509. The van der Waals surface area contributed by atoms with Gasteiger partial charge in [0, 0.05) is 16.9 Å². The number of pyridine rings is 1. The monoisotopic (exact) mass is 335 g/mol. The molecule has 16 heavy (non-hydrogen) atoms. The molecule has 1 heterocycles. The van der Waals surface area contributed by atoms with Crippen molar-refractivity contribution >= 4 is 35.7 Å². The van der Waals surface area contributed by atoms with Crippen LogP contribution in [-0.4, -0.2) is 20.5 Å². The van der Waals surface area contributed by atoms with Crippen LogP contribution in [0.25, 0.3) is 0 Å². The average molecular weight is 337 g/mol. The molecule has 90 valence electrons. The van der Waals surface area contributed by atoms with Crippen molar-refractivity contribution in [2.75, 3.05) is 7.11 Å². The number of hydrogen-bond acceptors (Lipinski definition) is 4. The van der Waals surface area contributed by atoms with Gasteiger partial charge in [-0.15, -0.1) is 0 Å². The zero-order valence-corrected chi connectivity index (χ0v) is 10.9. The van der Waals surface area contributed by atoms with Crippen LogP contribution in [0.4, 0.5) is 8.78 Å². The van der Waals surface area contributed by atoms with Crippen LogP contribution in [0.2, 0.25) is 0 Å². The van der Waals surface area contributed by atoms with Gasteiger partial charge in [-0.3, -0.25) is 0 Å². The number of methoxy groups -OCH3 is 1. The molecule has 0 aromatic carbocycles. The van der Waals surface area contributed by atoms with Gasteiger partial charge >= 0.3 is 0 Å². The molecule has 0 fully saturated rings. The summed E-state index contributed by atoms with van der Waals surface area (Å²) in [6, 6.07) is 0. The molecule has 0 atom stereocenters. The molecule has 0 bridgehead atoms. The van der Waals surface area contributed by atoms with Crippen molar-refractivity contribution in [3.05, 3.63) is 16.2 Å². The molecule has 0 aliphatic heterocycles. The van der Waals surface area contributed by atoms with Gasteiger partial charge in [0.2, 0.25) is 0 Å². The van der Waals surface area contributed by atoms with E-state index in [1.807, 2.05) is 0 Å². The first-order valence-electron chi connectivity index (χ1n) is 3.74. The number of hydrogen-bond donors (Lipinski definition) is 0. The summed E-state index contributed by atoms with van der Waals surface area (Å²) in [4.78, 5) is 3.35. The topological polar surface area (TPSA) is 56.3 Å². The van der Waals surface area contributed by atoms with Crippen LogP contribution >= 0.6 is 26.6 Å². The highest BCUT2D eigenvalue weighted by molar-refractivity contribution is 9.10. The highest BCUT2D eigenvalue weighted by Gasteiger charge is 2.29. The van der Waals surface area contributed by atoms with Crippen molar-refractivity contribution in [3.8, 4) is 5.75 Å². The minimum atomic E-state index is -4.35. The van der Waals surface area contributed by atoms with E-state index in [0.717, 1.165) is 13.3 Å². The molecule has 1 rings (SSSR count). The number of ether oxygens (including phenoxy) is 1. The molecule has 0 spiro atoms. The first-order chi connectivity index (χ1) is 7.29. The van der Waals surface area contributed by atoms with E-state index in [1.165, 1.54) is 0 Å². The second-order valence-electron chi connectivity index (χ2n) is 2.60. The van der Waals surface area contributed by atoms with E-state index in [1.54, 1.807) is 0 Å². The molecular formula is C7H5BrClF2NO3S. The molecule has 1 aromatic rings. The zero-order chi connectivity index (χ0) is 12.5. The second kappa shape index (κ2) is 4.80. The van der Waals surface area contributed by atoms with Crippen LogP contribution in [0.3, 0.4) is 0 Å². The van der Waals surface area contributed by atoms with Crippen molar-refractivity contribution in [1.82, 2.24) is 4.98 Å². The number of halogens is 4. The predicted molar refractivity (Wildman–Crippen MR) is 56.5 cm³/mol. The molecule has 0 N–H and O–H groups in total. The minimum absolute atomic E-state index is 0.120. The summed E-state index contributed by atoms with van der Waals surface area (Å²) in [5.74, 6) is -0.302. The van der Waals surface area contributed by atoms with Crippen LogP contribution in [0.5, 0.6) is 5.75 Å². The average Bonchev–Trinajstić information content (AvgIpc) is 2.14. The fourth-order valence-corrected chi connectivity index (χ4v) is 2.53. The molecule has 0 unspecified atom stereocenters. The Morgan fingerprint density at radius 2 is 2.12 bits per heavy atom. The SMILES string of the molecule is COc1c(Br)cnc(S(=O)(=O)Cl)c1C(F)F. The number of rotatable bonds is 3. The van der Waals surface area contributed by atoms with Gasteiger partial charge < -0.3 is 4.74 Å². The van der Waals surface area contributed by atoms with Crippen LogP contribution in [0.15, 0.2) is 15.7 Å².